The Morgan fingerprint density at radius 1 is 0.960 bits per heavy atom. The Kier molecular flexibility index (Phi) is 6.11. The summed E-state index contributed by atoms with van der Waals surface area (Å²) < 4.78 is 6.23. The Bertz CT molecular complexity index is 665. The van der Waals surface area contributed by atoms with Gasteiger partial charge in [0.1, 0.15) is 11.9 Å². The molecule has 25 heavy (non-hydrogen) atoms. The molecule has 0 aliphatic heterocycles. The lowest BCUT2D eigenvalue weighted by atomic mass is 9.86. The van der Waals surface area contributed by atoms with Crippen molar-refractivity contribution in [1.29, 1.82) is 0 Å². The third-order valence-electron chi connectivity index (χ3n) is 5.09. The fourth-order valence-electron chi connectivity index (χ4n) is 3.65. The molecule has 2 aromatic rings. The maximum absolute atomic E-state index is 10.0. The molecule has 3 heteroatoms. The Labute approximate surface area is 150 Å². The molecule has 0 amide bonds. The van der Waals surface area contributed by atoms with Crippen molar-refractivity contribution < 1.29 is 14.9 Å². The van der Waals surface area contributed by atoms with Crippen molar-refractivity contribution in [2.24, 2.45) is 5.92 Å². The molecule has 0 radical (unpaired) electrons. The van der Waals surface area contributed by atoms with Gasteiger partial charge in [-0.25, -0.2) is 0 Å². The molecular weight excluding hydrogens is 312 g/mol. The first kappa shape index (κ1) is 18.0. The molecule has 0 aromatic heterocycles. The van der Waals surface area contributed by atoms with Crippen molar-refractivity contribution in [3.63, 3.8) is 0 Å². The van der Waals surface area contributed by atoms with Gasteiger partial charge in [0.25, 0.3) is 0 Å². The summed E-state index contributed by atoms with van der Waals surface area (Å²) in [5.74, 6) is 1.01. The Morgan fingerprint density at radius 3 is 2.40 bits per heavy atom. The summed E-state index contributed by atoms with van der Waals surface area (Å²) in [6.07, 6.45) is 3.56. The fraction of sp³-hybridized carbons (Fsp3) is 0.455. The van der Waals surface area contributed by atoms with E-state index in [9.17, 15) is 10.2 Å². The van der Waals surface area contributed by atoms with Crippen molar-refractivity contribution in [2.75, 3.05) is 6.61 Å². The minimum Gasteiger partial charge on any atom is -0.490 e. The molecule has 0 saturated heterocycles. The number of aryl methyl sites for hydroxylation is 1. The van der Waals surface area contributed by atoms with Gasteiger partial charge >= 0.3 is 0 Å². The largest absolute Gasteiger partial charge is 0.490 e. The zero-order chi connectivity index (χ0) is 17.6. The lowest BCUT2D eigenvalue weighted by molar-refractivity contribution is 0.0103. The second-order valence-electron chi connectivity index (χ2n) is 7.10. The van der Waals surface area contributed by atoms with Gasteiger partial charge in [-0.3, -0.25) is 0 Å². The van der Waals surface area contributed by atoms with E-state index in [2.05, 4.69) is 37.3 Å². The molecule has 0 bridgehead atoms. The van der Waals surface area contributed by atoms with Crippen molar-refractivity contribution in [3.05, 3.63) is 65.2 Å². The van der Waals surface area contributed by atoms with Crippen LogP contribution < -0.4 is 4.74 Å². The van der Waals surface area contributed by atoms with Crippen LogP contribution in [0.15, 0.2) is 48.5 Å². The van der Waals surface area contributed by atoms with E-state index in [0.29, 0.717) is 12.8 Å². The van der Waals surface area contributed by atoms with Crippen LogP contribution in [0.25, 0.3) is 0 Å². The van der Waals surface area contributed by atoms with Gasteiger partial charge in [-0.05, 0) is 47.9 Å². The quantitative estimate of drug-likeness (QED) is 0.842. The average Bonchev–Trinajstić information content (AvgIpc) is 2.63. The molecule has 1 fully saturated rings. The van der Waals surface area contributed by atoms with E-state index in [4.69, 9.17) is 4.74 Å². The molecule has 134 valence electrons. The predicted molar refractivity (Wildman–Crippen MR) is 99.9 cm³/mol. The number of benzene rings is 2. The van der Waals surface area contributed by atoms with Gasteiger partial charge in [-0.1, -0.05) is 49.4 Å². The molecule has 3 rings (SSSR count). The molecule has 0 heterocycles. The molecule has 1 aliphatic rings. The lowest BCUT2D eigenvalue weighted by Gasteiger charge is -2.32. The summed E-state index contributed by atoms with van der Waals surface area (Å²) in [7, 11) is 0. The molecule has 3 nitrogen and oxygen atoms in total. The van der Waals surface area contributed by atoms with Gasteiger partial charge in [0.15, 0.2) is 0 Å². The molecule has 0 spiro atoms. The highest BCUT2D eigenvalue weighted by Gasteiger charge is 2.29. The SMILES string of the molecule is CCc1ccc(Cc2ccccc2O[C@H]2CC(O)C[C@@H](CO)C2)cc1. The Balaban J connectivity index is 1.71. The highest BCUT2D eigenvalue weighted by Crippen LogP contribution is 2.30. The minimum atomic E-state index is -0.385. The summed E-state index contributed by atoms with van der Waals surface area (Å²) in [6, 6.07) is 16.9. The Morgan fingerprint density at radius 2 is 1.68 bits per heavy atom. The van der Waals surface area contributed by atoms with Gasteiger partial charge < -0.3 is 14.9 Å². The third kappa shape index (κ3) is 4.83. The van der Waals surface area contributed by atoms with E-state index in [1.54, 1.807) is 0 Å². The van der Waals surface area contributed by atoms with Crippen LogP contribution in [0.4, 0.5) is 0 Å². The van der Waals surface area contributed by atoms with Crippen LogP contribution in [0.5, 0.6) is 5.75 Å². The molecule has 1 aliphatic carbocycles. The molecular formula is C22H28O3. The van der Waals surface area contributed by atoms with Crippen molar-refractivity contribution in [2.45, 2.75) is 51.2 Å². The third-order valence-corrected chi connectivity index (χ3v) is 5.09. The normalized spacial score (nSPS) is 23.4. The highest BCUT2D eigenvalue weighted by atomic mass is 16.5. The topological polar surface area (TPSA) is 49.7 Å². The van der Waals surface area contributed by atoms with Crippen molar-refractivity contribution in [1.82, 2.24) is 0 Å². The van der Waals surface area contributed by atoms with E-state index in [0.717, 1.165) is 30.6 Å². The first-order chi connectivity index (χ1) is 12.2. The van der Waals surface area contributed by atoms with Crippen LogP contribution >= 0.6 is 0 Å². The standard InChI is InChI=1S/C22H28O3/c1-2-16-7-9-17(10-8-16)11-19-5-3-4-6-22(19)25-21-13-18(15-23)12-20(24)14-21/h3-10,18,20-21,23-24H,2,11-15H2,1H3/t18-,20?,21-/m1/s1. The number of hydrogen-bond donors (Lipinski definition) is 2. The minimum absolute atomic E-state index is 0.0375. The number of aliphatic hydroxyl groups is 2. The molecule has 3 atom stereocenters. The summed E-state index contributed by atoms with van der Waals surface area (Å²) in [5.41, 5.74) is 3.78. The van der Waals surface area contributed by atoms with Gasteiger partial charge in [0.2, 0.25) is 0 Å². The maximum Gasteiger partial charge on any atom is 0.123 e. The molecule has 1 saturated carbocycles. The Hall–Kier alpha value is -1.84. The van der Waals surface area contributed by atoms with Crippen molar-refractivity contribution >= 4 is 0 Å². The first-order valence-electron chi connectivity index (χ1n) is 9.29. The van der Waals surface area contributed by atoms with E-state index in [1.807, 2.05) is 18.2 Å². The van der Waals surface area contributed by atoms with Gasteiger partial charge in [-0.15, -0.1) is 0 Å². The van der Waals surface area contributed by atoms with Crippen molar-refractivity contribution in [3.8, 4) is 5.75 Å². The zero-order valence-electron chi connectivity index (χ0n) is 14.9. The second kappa shape index (κ2) is 8.50. The summed E-state index contributed by atoms with van der Waals surface area (Å²) in [5, 5.41) is 19.4. The summed E-state index contributed by atoms with van der Waals surface area (Å²) in [4.78, 5) is 0. The van der Waals surface area contributed by atoms with Crippen LogP contribution in [0.1, 0.15) is 42.9 Å². The van der Waals surface area contributed by atoms with Crippen LogP contribution in [-0.4, -0.2) is 29.0 Å². The van der Waals surface area contributed by atoms with Crippen LogP contribution in [0, 0.1) is 5.92 Å². The fourth-order valence-corrected chi connectivity index (χ4v) is 3.65. The number of aliphatic hydroxyl groups excluding tert-OH is 2. The molecule has 2 N–H and O–H groups in total. The molecule has 2 aromatic carbocycles. The highest BCUT2D eigenvalue weighted by molar-refractivity contribution is 5.38. The van der Waals surface area contributed by atoms with E-state index < -0.39 is 0 Å². The van der Waals surface area contributed by atoms with Crippen LogP contribution in [0.3, 0.4) is 0 Å². The maximum atomic E-state index is 10.0. The van der Waals surface area contributed by atoms with E-state index in [1.165, 1.54) is 11.1 Å². The number of para-hydroxylation sites is 1. The molecule has 1 unspecified atom stereocenters. The van der Waals surface area contributed by atoms with Gasteiger partial charge in [0.05, 0.1) is 6.10 Å². The second-order valence-corrected chi connectivity index (χ2v) is 7.10. The summed E-state index contributed by atoms with van der Waals surface area (Å²) >= 11 is 0. The predicted octanol–water partition coefficient (Wildman–Crippen LogP) is 3.74. The zero-order valence-corrected chi connectivity index (χ0v) is 14.9. The van der Waals surface area contributed by atoms with E-state index in [-0.39, 0.29) is 24.7 Å². The van der Waals surface area contributed by atoms with Gasteiger partial charge in [-0.2, -0.15) is 0 Å². The van der Waals surface area contributed by atoms with Crippen LogP contribution in [0.2, 0.25) is 0 Å². The number of hydrogen-bond acceptors (Lipinski definition) is 3. The number of rotatable bonds is 6. The smallest absolute Gasteiger partial charge is 0.123 e. The van der Waals surface area contributed by atoms with Gasteiger partial charge in [0, 0.05) is 19.4 Å². The lowest BCUT2D eigenvalue weighted by Crippen LogP contribution is -2.34. The monoisotopic (exact) mass is 340 g/mol. The first-order valence-corrected chi connectivity index (χ1v) is 9.29. The summed E-state index contributed by atoms with van der Waals surface area (Å²) in [6.45, 7) is 2.28. The van der Waals surface area contributed by atoms with E-state index >= 15 is 0 Å². The average molecular weight is 340 g/mol. The van der Waals surface area contributed by atoms with Crippen LogP contribution in [-0.2, 0) is 12.8 Å². The number of ether oxygens (including phenoxy) is 1.